The number of aromatic nitrogens is 2. The molecule has 0 radical (unpaired) electrons. The van der Waals surface area contributed by atoms with Crippen LogP contribution in [0.4, 0.5) is 11.6 Å². The molecule has 2 heterocycles. The highest BCUT2D eigenvalue weighted by molar-refractivity contribution is 5.58. The van der Waals surface area contributed by atoms with Crippen LogP contribution in [0, 0.1) is 6.92 Å². The van der Waals surface area contributed by atoms with Gasteiger partial charge in [-0.25, -0.2) is 15.8 Å². The van der Waals surface area contributed by atoms with E-state index >= 15 is 0 Å². The third-order valence-corrected chi connectivity index (χ3v) is 4.53. The van der Waals surface area contributed by atoms with Gasteiger partial charge in [-0.3, -0.25) is 0 Å². The zero-order chi connectivity index (χ0) is 14.3. The van der Waals surface area contributed by atoms with Crippen molar-refractivity contribution in [3.63, 3.8) is 0 Å². The number of rotatable bonds is 4. The van der Waals surface area contributed by atoms with E-state index in [1.54, 1.807) is 0 Å². The number of hydrogen-bond acceptors (Lipinski definition) is 6. The minimum absolute atomic E-state index is 0.0915. The molecule has 1 aliphatic heterocycles. The lowest BCUT2D eigenvalue weighted by molar-refractivity contribution is 0.105. The number of anilines is 2. The molecule has 1 aromatic rings. The van der Waals surface area contributed by atoms with Crippen molar-refractivity contribution in [2.45, 2.75) is 57.6 Å². The molecule has 2 fully saturated rings. The lowest BCUT2D eigenvalue weighted by Gasteiger charge is -2.30. The molecule has 1 saturated heterocycles. The topological polar surface area (TPSA) is 85.1 Å². The molecule has 6 heteroatoms. The first-order valence-electron chi connectivity index (χ1n) is 7.28. The lowest BCUT2D eigenvalue weighted by atomic mass is 9.94. The number of hydrazine groups is 1. The summed E-state index contributed by atoms with van der Waals surface area (Å²) in [5.41, 5.74) is 3.55. The van der Waals surface area contributed by atoms with Crippen molar-refractivity contribution in [2.75, 3.05) is 17.3 Å². The smallest absolute Gasteiger partial charge is 0.148 e. The molecule has 0 bridgehead atoms. The van der Waals surface area contributed by atoms with Gasteiger partial charge in [-0.05, 0) is 40.0 Å². The molecular formula is C14H23N5O. The van der Waals surface area contributed by atoms with E-state index in [1.807, 2.05) is 6.92 Å². The summed E-state index contributed by atoms with van der Waals surface area (Å²) in [5, 5.41) is 3.56. The van der Waals surface area contributed by atoms with E-state index in [2.05, 4.69) is 29.6 Å². The number of nitrogens with one attached hydrogen (secondary N) is 2. The Morgan fingerprint density at radius 2 is 2.00 bits per heavy atom. The molecule has 0 spiro atoms. The van der Waals surface area contributed by atoms with Crippen LogP contribution in [0.2, 0.25) is 0 Å². The van der Waals surface area contributed by atoms with Crippen molar-refractivity contribution < 1.29 is 4.74 Å². The van der Waals surface area contributed by atoms with Gasteiger partial charge in [-0.15, -0.1) is 0 Å². The summed E-state index contributed by atoms with van der Waals surface area (Å²) in [6, 6.07) is 0. The summed E-state index contributed by atoms with van der Waals surface area (Å²) >= 11 is 0. The van der Waals surface area contributed by atoms with Crippen LogP contribution in [-0.4, -0.2) is 28.2 Å². The first-order chi connectivity index (χ1) is 9.53. The Bertz CT molecular complexity index is 517. The molecule has 1 saturated carbocycles. The second kappa shape index (κ2) is 4.86. The maximum Gasteiger partial charge on any atom is 0.148 e. The van der Waals surface area contributed by atoms with Crippen LogP contribution in [0.5, 0.6) is 0 Å². The zero-order valence-corrected chi connectivity index (χ0v) is 12.4. The third-order valence-electron chi connectivity index (χ3n) is 4.53. The van der Waals surface area contributed by atoms with E-state index in [0.717, 1.165) is 30.2 Å². The van der Waals surface area contributed by atoms with Crippen LogP contribution in [-0.2, 0) is 4.74 Å². The Hall–Kier alpha value is -1.40. The molecule has 6 nitrogen and oxygen atoms in total. The zero-order valence-electron chi connectivity index (χ0n) is 12.4. The third kappa shape index (κ3) is 2.33. The highest BCUT2D eigenvalue weighted by Crippen LogP contribution is 2.40. The highest BCUT2D eigenvalue weighted by Gasteiger charge is 2.38. The first-order valence-corrected chi connectivity index (χ1v) is 7.28. The standard InChI is InChI=1S/C14H23N5O/c1-8-11(18-14(3)6-7-20-9(14)2)16-13(10-4-5-10)17-12(8)19-15/h9-10H,4-7,15H2,1-3H3,(H2,16,17,18,19). The van der Waals surface area contributed by atoms with Gasteiger partial charge < -0.3 is 15.5 Å². The van der Waals surface area contributed by atoms with Crippen LogP contribution in [0.1, 0.15) is 50.4 Å². The molecule has 4 N–H and O–H groups in total. The van der Waals surface area contributed by atoms with Gasteiger partial charge in [0.05, 0.1) is 11.6 Å². The van der Waals surface area contributed by atoms with Crippen molar-refractivity contribution in [1.82, 2.24) is 9.97 Å². The fourth-order valence-electron chi connectivity index (χ4n) is 2.59. The average Bonchev–Trinajstić information content (AvgIpc) is 3.20. The monoisotopic (exact) mass is 277 g/mol. The second-order valence-corrected chi connectivity index (χ2v) is 6.13. The average molecular weight is 277 g/mol. The molecule has 110 valence electrons. The molecule has 2 atom stereocenters. The Morgan fingerprint density at radius 1 is 1.30 bits per heavy atom. The largest absolute Gasteiger partial charge is 0.376 e. The summed E-state index contributed by atoms with van der Waals surface area (Å²) in [4.78, 5) is 9.22. The molecular weight excluding hydrogens is 254 g/mol. The predicted molar refractivity (Wildman–Crippen MR) is 78.6 cm³/mol. The summed E-state index contributed by atoms with van der Waals surface area (Å²) < 4.78 is 5.68. The molecule has 0 amide bonds. The highest BCUT2D eigenvalue weighted by atomic mass is 16.5. The van der Waals surface area contributed by atoms with Crippen LogP contribution in [0.25, 0.3) is 0 Å². The molecule has 20 heavy (non-hydrogen) atoms. The summed E-state index contributed by atoms with van der Waals surface area (Å²) in [6.07, 6.45) is 3.48. The minimum Gasteiger partial charge on any atom is -0.376 e. The molecule has 2 unspecified atom stereocenters. The first kappa shape index (κ1) is 13.6. The number of nitrogens with zero attached hydrogens (tertiary/aromatic N) is 2. The number of hydrogen-bond donors (Lipinski definition) is 3. The summed E-state index contributed by atoms with van der Waals surface area (Å²) in [6.45, 7) is 7.04. The normalized spacial score (nSPS) is 29.5. The van der Waals surface area contributed by atoms with Crippen LogP contribution in [0.3, 0.4) is 0 Å². The minimum atomic E-state index is -0.0915. The molecule has 3 rings (SSSR count). The van der Waals surface area contributed by atoms with Gasteiger partial charge >= 0.3 is 0 Å². The van der Waals surface area contributed by atoms with E-state index in [-0.39, 0.29) is 11.6 Å². The van der Waals surface area contributed by atoms with Crippen molar-refractivity contribution in [2.24, 2.45) is 5.84 Å². The van der Waals surface area contributed by atoms with Crippen LogP contribution < -0.4 is 16.6 Å². The quantitative estimate of drug-likeness (QED) is 0.576. The SMILES string of the molecule is Cc1c(NN)nc(C2CC2)nc1NC1(C)CCOC1C. The number of ether oxygens (including phenoxy) is 1. The summed E-state index contributed by atoms with van der Waals surface area (Å²) in [7, 11) is 0. The predicted octanol–water partition coefficient (Wildman–Crippen LogP) is 1.93. The molecule has 1 aromatic heterocycles. The number of nitrogen functional groups attached to an aromatic ring is 1. The van der Waals surface area contributed by atoms with Gasteiger partial charge in [-0.2, -0.15) is 0 Å². The van der Waals surface area contributed by atoms with E-state index in [4.69, 9.17) is 15.6 Å². The van der Waals surface area contributed by atoms with E-state index in [1.165, 1.54) is 12.8 Å². The van der Waals surface area contributed by atoms with E-state index < -0.39 is 0 Å². The van der Waals surface area contributed by atoms with E-state index in [0.29, 0.717) is 11.7 Å². The molecule has 2 aliphatic rings. The Balaban J connectivity index is 1.93. The second-order valence-electron chi connectivity index (χ2n) is 6.13. The summed E-state index contributed by atoms with van der Waals surface area (Å²) in [5.74, 6) is 8.55. The maximum absolute atomic E-state index is 5.68. The van der Waals surface area contributed by atoms with Gasteiger partial charge in [0, 0.05) is 18.1 Å². The van der Waals surface area contributed by atoms with Crippen molar-refractivity contribution in [3.8, 4) is 0 Å². The fraction of sp³-hybridized carbons (Fsp3) is 0.714. The van der Waals surface area contributed by atoms with Gasteiger partial charge in [0.2, 0.25) is 0 Å². The Morgan fingerprint density at radius 3 is 2.55 bits per heavy atom. The van der Waals surface area contributed by atoms with Crippen LogP contribution in [0.15, 0.2) is 0 Å². The van der Waals surface area contributed by atoms with Gasteiger partial charge in [0.1, 0.15) is 17.5 Å². The van der Waals surface area contributed by atoms with Crippen molar-refractivity contribution in [1.29, 1.82) is 0 Å². The maximum atomic E-state index is 5.68. The van der Waals surface area contributed by atoms with Gasteiger partial charge in [-0.1, -0.05) is 0 Å². The van der Waals surface area contributed by atoms with Gasteiger partial charge in [0.25, 0.3) is 0 Å². The van der Waals surface area contributed by atoms with Crippen molar-refractivity contribution in [3.05, 3.63) is 11.4 Å². The number of nitrogens with two attached hydrogens (primary N) is 1. The van der Waals surface area contributed by atoms with E-state index in [9.17, 15) is 0 Å². The van der Waals surface area contributed by atoms with Gasteiger partial charge in [0.15, 0.2) is 0 Å². The Labute approximate surface area is 119 Å². The fourth-order valence-corrected chi connectivity index (χ4v) is 2.59. The molecule has 0 aromatic carbocycles. The van der Waals surface area contributed by atoms with Crippen LogP contribution >= 0.6 is 0 Å². The Kier molecular flexibility index (Phi) is 3.30. The van der Waals surface area contributed by atoms with Crippen molar-refractivity contribution >= 4 is 11.6 Å². The lowest BCUT2D eigenvalue weighted by Crippen LogP contribution is -2.41. The molecule has 1 aliphatic carbocycles.